The summed E-state index contributed by atoms with van der Waals surface area (Å²) in [6, 6.07) is 17.5. The van der Waals surface area contributed by atoms with E-state index < -0.39 is 11.8 Å². The molecule has 132 valence electrons. The van der Waals surface area contributed by atoms with E-state index in [0.717, 1.165) is 16.5 Å². The number of hydrogen-bond acceptors (Lipinski definition) is 3. The van der Waals surface area contributed by atoms with Crippen LogP contribution in [-0.4, -0.2) is 23.3 Å². The zero-order chi connectivity index (χ0) is 18.5. The van der Waals surface area contributed by atoms with Crippen LogP contribution >= 0.6 is 0 Å². The van der Waals surface area contributed by atoms with Crippen molar-refractivity contribution in [3.8, 4) is 0 Å². The molecular weight excluding hydrogens is 326 g/mol. The number of para-hydroxylation sites is 1. The molecule has 0 radical (unpaired) electrons. The predicted octanol–water partition coefficient (Wildman–Crippen LogP) is 3.40. The van der Waals surface area contributed by atoms with Crippen LogP contribution in [0.2, 0.25) is 0 Å². The van der Waals surface area contributed by atoms with Crippen LogP contribution in [0.25, 0.3) is 10.9 Å². The lowest BCUT2D eigenvalue weighted by molar-refractivity contribution is -0.136. The molecule has 0 bridgehead atoms. The lowest BCUT2D eigenvalue weighted by atomic mass is 9.99. The van der Waals surface area contributed by atoms with Crippen molar-refractivity contribution >= 4 is 28.4 Å². The summed E-state index contributed by atoms with van der Waals surface area (Å²) in [5.74, 6) is -1.23. The standard InChI is InChI=1S/C21H21N3O2/c1-14-6-5-8-16(10-14)15(2)12-23-20(25)21(26)24-18-11-17-7-3-4-9-19(17)22-13-18/h3-11,13,15H,12H2,1-2H3,(H,23,25)(H,24,26)/t15-/m0/s1. The Labute approximate surface area is 152 Å². The number of nitrogens with zero attached hydrogens (tertiary/aromatic N) is 1. The molecule has 2 amide bonds. The second-order valence-corrected chi connectivity index (χ2v) is 6.40. The summed E-state index contributed by atoms with van der Waals surface area (Å²) >= 11 is 0. The summed E-state index contributed by atoms with van der Waals surface area (Å²) < 4.78 is 0. The second kappa shape index (κ2) is 7.78. The van der Waals surface area contributed by atoms with E-state index in [0.29, 0.717) is 12.2 Å². The normalized spacial score (nSPS) is 11.8. The van der Waals surface area contributed by atoms with Crippen molar-refractivity contribution < 1.29 is 9.59 Å². The lowest BCUT2D eigenvalue weighted by Crippen LogP contribution is -2.37. The number of rotatable bonds is 4. The predicted molar refractivity (Wildman–Crippen MR) is 103 cm³/mol. The van der Waals surface area contributed by atoms with Crippen LogP contribution in [-0.2, 0) is 9.59 Å². The lowest BCUT2D eigenvalue weighted by Gasteiger charge is -2.13. The smallest absolute Gasteiger partial charge is 0.313 e. The quantitative estimate of drug-likeness (QED) is 0.711. The number of aryl methyl sites for hydroxylation is 1. The largest absolute Gasteiger partial charge is 0.347 e. The van der Waals surface area contributed by atoms with Crippen LogP contribution in [0, 0.1) is 6.92 Å². The fraction of sp³-hybridized carbons (Fsp3) is 0.190. The van der Waals surface area contributed by atoms with Crippen LogP contribution in [0.5, 0.6) is 0 Å². The van der Waals surface area contributed by atoms with E-state index >= 15 is 0 Å². The summed E-state index contributed by atoms with van der Waals surface area (Å²) in [6.45, 7) is 4.44. The van der Waals surface area contributed by atoms with Crippen LogP contribution in [0.15, 0.2) is 60.8 Å². The van der Waals surface area contributed by atoms with Gasteiger partial charge in [0, 0.05) is 11.9 Å². The number of fused-ring (bicyclic) bond motifs is 1. The fourth-order valence-electron chi connectivity index (χ4n) is 2.75. The summed E-state index contributed by atoms with van der Waals surface area (Å²) in [4.78, 5) is 28.4. The van der Waals surface area contributed by atoms with Crippen LogP contribution in [0.4, 0.5) is 5.69 Å². The van der Waals surface area contributed by atoms with Gasteiger partial charge in [0.25, 0.3) is 0 Å². The molecule has 1 aromatic heterocycles. The summed E-state index contributed by atoms with van der Waals surface area (Å²) in [6.07, 6.45) is 1.54. The number of amides is 2. The molecule has 5 heteroatoms. The van der Waals surface area contributed by atoms with Crippen molar-refractivity contribution in [2.45, 2.75) is 19.8 Å². The Kier molecular flexibility index (Phi) is 5.27. The zero-order valence-electron chi connectivity index (χ0n) is 14.8. The molecule has 1 atom stereocenters. The molecule has 5 nitrogen and oxygen atoms in total. The van der Waals surface area contributed by atoms with E-state index in [4.69, 9.17) is 0 Å². The number of aromatic nitrogens is 1. The number of hydrogen-bond donors (Lipinski definition) is 2. The molecule has 3 rings (SSSR count). The maximum absolute atomic E-state index is 12.1. The average molecular weight is 347 g/mol. The van der Waals surface area contributed by atoms with Crippen LogP contribution in [0.1, 0.15) is 24.0 Å². The van der Waals surface area contributed by atoms with Crippen molar-refractivity contribution in [1.82, 2.24) is 10.3 Å². The first-order chi connectivity index (χ1) is 12.5. The molecule has 1 heterocycles. The highest BCUT2D eigenvalue weighted by molar-refractivity contribution is 6.39. The van der Waals surface area contributed by atoms with E-state index in [2.05, 4.69) is 21.7 Å². The monoisotopic (exact) mass is 347 g/mol. The molecule has 3 aromatic rings. The van der Waals surface area contributed by atoms with Gasteiger partial charge in [0.05, 0.1) is 17.4 Å². The van der Waals surface area contributed by atoms with E-state index in [9.17, 15) is 9.59 Å². The van der Waals surface area contributed by atoms with Crippen molar-refractivity contribution in [1.29, 1.82) is 0 Å². The minimum Gasteiger partial charge on any atom is -0.347 e. The first kappa shape index (κ1) is 17.6. The van der Waals surface area contributed by atoms with Crippen molar-refractivity contribution in [2.24, 2.45) is 0 Å². The third-order valence-electron chi connectivity index (χ3n) is 4.23. The first-order valence-corrected chi connectivity index (χ1v) is 8.53. The molecule has 0 unspecified atom stereocenters. The third-order valence-corrected chi connectivity index (χ3v) is 4.23. The Morgan fingerprint density at radius 3 is 2.65 bits per heavy atom. The number of benzene rings is 2. The number of carbonyl (C=O) groups excluding carboxylic acids is 2. The van der Waals surface area contributed by atoms with Gasteiger partial charge in [-0.1, -0.05) is 55.0 Å². The number of carbonyl (C=O) groups is 2. The van der Waals surface area contributed by atoms with E-state index in [1.165, 1.54) is 5.56 Å². The zero-order valence-corrected chi connectivity index (χ0v) is 14.8. The summed E-state index contributed by atoms with van der Waals surface area (Å²) in [5.41, 5.74) is 3.63. The van der Waals surface area contributed by atoms with Gasteiger partial charge in [0.1, 0.15) is 0 Å². The minimum atomic E-state index is -0.696. The van der Waals surface area contributed by atoms with E-state index in [1.807, 2.05) is 56.3 Å². The van der Waals surface area contributed by atoms with Gasteiger partial charge in [0.15, 0.2) is 0 Å². The third kappa shape index (κ3) is 4.25. The maximum Gasteiger partial charge on any atom is 0.313 e. The Balaban J connectivity index is 1.58. The Morgan fingerprint density at radius 1 is 1.04 bits per heavy atom. The van der Waals surface area contributed by atoms with Crippen molar-refractivity contribution in [3.05, 3.63) is 71.9 Å². The molecule has 0 aliphatic carbocycles. The Bertz CT molecular complexity index is 953. The molecule has 2 N–H and O–H groups in total. The van der Waals surface area contributed by atoms with Gasteiger partial charge in [-0.05, 0) is 30.5 Å². The number of anilines is 1. The number of pyridine rings is 1. The van der Waals surface area contributed by atoms with Crippen LogP contribution < -0.4 is 10.6 Å². The van der Waals surface area contributed by atoms with Gasteiger partial charge in [-0.25, -0.2) is 0 Å². The number of nitrogens with one attached hydrogen (secondary N) is 2. The topological polar surface area (TPSA) is 71.1 Å². The van der Waals surface area contributed by atoms with Gasteiger partial charge in [-0.15, -0.1) is 0 Å². The molecule has 0 fully saturated rings. The Hall–Kier alpha value is -3.21. The highest BCUT2D eigenvalue weighted by Gasteiger charge is 2.15. The molecule has 0 aliphatic heterocycles. The summed E-state index contributed by atoms with van der Waals surface area (Å²) in [7, 11) is 0. The van der Waals surface area contributed by atoms with Crippen LogP contribution in [0.3, 0.4) is 0 Å². The summed E-state index contributed by atoms with van der Waals surface area (Å²) in [5, 5.41) is 6.18. The minimum absolute atomic E-state index is 0.119. The molecule has 26 heavy (non-hydrogen) atoms. The SMILES string of the molecule is Cc1cccc([C@@H](C)CNC(=O)C(=O)Nc2cnc3ccccc3c2)c1. The molecule has 0 saturated heterocycles. The molecular formula is C21H21N3O2. The highest BCUT2D eigenvalue weighted by atomic mass is 16.2. The van der Waals surface area contributed by atoms with Crippen molar-refractivity contribution in [2.75, 3.05) is 11.9 Å². The highest BCUT2D eigenvalue weighted by Crippen LogP contribution is 2.17. The van der Waals surface area contributed by atoms with Gasteiger partial charge >= 0.3 is 11.8 Å². The molecule has 0 spiro atoms. The van der Waals surface area contributed by atoms with Gasteiger partial charge in [-0.2, -0.15) is 0 Å². The average Bonchev–Trinajstić information content (AvgIpc) is 2.65. The van der Waals surface area contributed by atoms with E-state index in [-0.39, 0.29) is 5.92 Å². The molecule has 0 aliphatic rings. The molecule has 2 aromatic carbocycles. The van der Waals surface area contributed by atoms with Gasteiger partial charge < -0.3 is 10.6 Å². The molecule has 0 saturated carbocycles. The fourth-order valence-corrected chi connectivity index (χ4v) is 2.75. The second-order valence-electron chi connectivity index (χ2n) is 6.40. The first-order valence-electron chi connectivity index (χ1n) is 8.53. The van der Waals surface area contributed by atoms with Gasteiger partial charge in [-0.3, -0.25) is 14.6 Å². The maximum atomic E-state index is 12.1. The van der Waals surface area contributed by atoms with Crippen molar-refractivity contribution in [3.63, 3.8) is 0 Å². The Morgan fingerprint density at radius 2 is 1.85 bits per heavy atom. The van der Waals surface area contributed by atoms with Gasteiger partial charge in [0.2, 0.25) is 0 Å². The van der Waals surface area contributed by atoms with E-state index in [1.54, 1.807) is 12.3 Å².